The summed E-state index contributed by atoms with van der Waals surface area (Å²) in [6.45, 7) is 0.821. The van der Waals surface area contributed by atoms with E-state index in [0.717, 1.165) is 45.9 Å². The van der Waals surface area contributed by atoms with Crippen LogP contribution >= 0.6 is 0 Å². The number of nitrogens with zero attached hydrogens (tertiary/aromatic N) is 1. The molecule has 0 fully saturated rings. The molecule has 0 aliphatic carbocycles. The van der Waals surface area contributed by atoms with Gasteiger partial charge in [0.2, 0.25) is 0 Å². The van der Waals surface area contributed by atoms with Crippen LogP contribution in [-0.4, -0.2) is 11.5 Å². The molecule has 0 saturated carbocycles. The number of nitrogens with one attached hydrogen (secondary N) is 2. The zero-order valence-corrected chi connectivity index (χ0v) is 23.2. The molecule has 3 heteroatoms. The summed E-state index contributed by atoms with van der Waals surface area (Å²) >= 11 is 0. The van der Waals surface area contributed by atoms with Crippen molar-refractivity contribution in [2.75, 3.05) is 6.54 Å². The molecule has 202 valence electrons. The number of allylic oxidation sites excluding steroid dienone is 4. The van der Waals surface area contributed by atoms with E-state index in [9.17, 15) is 0 Å². The standard InChI is InChI=1S/C39H31N3/c1-4-12-28(13-5-1)31-19-20-37(41-27-31)35-23-32(22-34(24-35)36-18-10-11-21-40-36)33-25-38(29-14-6-2-7-15-29)42-39(26-33)30-16-8-3-9-17-30/h1-20,22-27,37,40-41H,21H2. The van der Waals surface area contributed by atoms with Crippen LogP contribution in [0.2, 0.25) is 0 Å². The van der Waals surface area contributed by atoms with E-state index in [0.29, 0.717) is 0 Å². The van der Waals surface area contributed by atoms with E-state index < -0.39 is 0 Å². The van der Waals surface area contributed by atoms with Crippen molar-refractivity contribution in [1.29, 1.82) is 0 Å². The summed E-state index contributed by atoms with van der Waals surface area (Å²) in [5.41, 5.74) is 12.3. The first-order valence-corrected chi connectivity index (χ1v) is 14.4. The number of hydrogen-bond acceptors (Lipinski definition) is 3. The first-order valence-electron chi connectivity index (χ1n) is 14.4. The maximum atomic E-state index is 5.10. The first-order chi connectivity index (χ1) is 20.8. The lowest BCUT2D eigenvalue weighted by molar-refractivity contribution is 0.749. The van der Waals surface area contributed by atoms with Crippen LogP contribution < -0.4 is 10.6 Å². The molecule has 1 aromatic heterocycles. The molecule has 3 heterocycles. The molecule has 5 aromatic rings. The van der Waals surface area contributed by atoms with E-state index in [1.165, 1.54) is 22.3 Å². The Morgan fingerprint density at radius 3 is 1.76 bits per heavy atom. The molecule has 0 amide bonds. The minimum atomic E-state index is 0.0555. The highest BCUT2D eigenvalue weighted by Gasteiger charge is 2.17. The molecule has 0 saturated heterocycles. The van der Waals surface area contributed by atoms with Gasteiger partial charge < -0.3 is 10.6 Å². The van der Waals surface area contributed by atoms with Crippen molar-refractivity contribution >= 4 is 11.3 Å². The largest absolute Gasteiger partial charge is 0.381 e. The van der Waals surface area contributed by atoms with Crippen molar-refractivity contribution in [3.8, 4) is 33.6 Å². The smallest absolute Gasteiger partial charge is 0.0715 e. The average Bonchev–Trinajstić information content (AvgIpc) is 3.09. The topological polar surface area (TPSA) is 37.0 Å². The predicted octanol–water partition coefficient (Wildman–Crippen LogP) is 8.82. The van der Waals surface area contributed by atoms with Crippen molar-refractivity contribution in [2.45, 2.75) is 6.04 Å². The van der Waals surface area contributed by atoms with E-state index in [1.54, 1.807) is 0 Å². The Balaban J connectivity index is 1.34. The summed E-state index contributed by atoms with van der Waals surface area (Å²) in [4.78, 5) is 5.10. The summed E-state index contributed by atoms with van der Waals surface area (Å²) in [6.07, 6.45) is 13.0. The Morgan fingerprint density at radius 1 is 0.595 bits per heavy atom. The zero-order chi connectivity index (χ0) is 28.1. The van der Waals surface area contributed by atoms with Gasteiger partial charge in [-0.1, -0.05) is 115 Å². The number of aromatic nitrogens is 1. The van der Waals surface area contributed by atoms with Crippen molar-refractivity contribution in [1.82, 2.24) is 15.6 Å². The van der Waals surface area contributed by atoms with Gasteiger partial charge in [0.1, 0.15) is 0 Å². The highest BCUT2D eigenvalue weighted by atomic mass is 14.9. The molecule has 0 spiro atoms. The summed E-state index contributed by atoms with van der Waals surface area (Å²) in [5, 5.41) is 7.21. The maximum absolute atomic E-state index is 5.10. The predicted molar refractivity (Wildman–Crippen MR) is 175 cm³/mol. The van der Waals surface area contributed by atoms with Crippen molar-refractivity contribution in [3.63, 3.8) is 0 Å². The third-order valence-corrected chi connectivity index (χ3v) is 7.73. The van der Waals surface area contributed by atoms with Crippen LogP contribution in [-0.2, 0) is 0 Å². The van der Waals surface area contributed by atoms with Crippen molar-refractivity contribution in [3.05, 3.63) is 175 Å². The molecular formula is C39H31N3. The molecule has 2 aliphatic rings. The molecule has 2 aliphatic heterocycles. The van der Waals surface area contributed by atoms with Crippen LogP contribution in [0, 0.1) is 0 Å². The second kappa shape index (κ2) is 11.6. The Morgan fingerprint density at radius 2 is 1.19 bits per heavy atom. The Kier molecular flexibility index (Phi) is 7.06. The van der Waals surface area contributed by atoms with Gasteiger partial charge in [0.25, 0.3) is 0 Å². The van der Waals surface area contributed by atoms with Gasteiger partial charge >= 0.3 is 0 Å². The number of benzene rings is 4. The van der Waals surface area contributed by atoms with Crippen molar-refractivity contribution in [2.24, 2.45) is 0 Å². The highest BCUT2D eigenvalue weighted by Crippen LogP contribution is 2.34. The minimum absolute atomic E-state index is 0.0555. The van der Waals surface area contributed by atoms with E-state index in [2.05, 4.69) is 156 Å². The van der Waals surface area contributed by atoms with Crippen LogP contribution in [0.15, 0.2) is 158 Å². The summed E-state index contributed by atoms with van der Waals surface area (Å²) in [6, 6.07) is 42.7. The monoisotopic (exact) mass is 541 g/mol. The third-order valence-electron chi connectivity index (χ3n) is 7.73. The normalized spacial score (nSPS) is 15.8. The lowest BCUT2D eigenvalue weighted by Crippen LogP contribution is -2.18. The lowest BCUT2D eigenvalue weighted by atomic mass is 9.92. The van der Waals surface area contributed by atoms with Gasteiger partial charge in [0, 0.05) is 29.6 Å². The summed E-state index contributed by atoms with van der Waals surface area (Å²) < 4.78 is 0. The summed E-state index contributed by atoms with van der Waals surface area (Å²) in [7, 11) is 0. The van der Waals surface area contributed by atoms with Gasteiger partial charge in [0.05, 0.1) is 17.4 Å². The Hall–Kier alpha value is -5.41. The van der Waals surface area contributed by atoms with Gasteiger partial charge in [0.15, 0.2) is 0 Å². The number of dihydropyridines is 2. The fraction of sp³-hybridized carbons (Fsp3) is 0.0513. The molecule has 1 atom stereocenters. The van der Waals surface area contributed by atoms with Crippen LogP contribution in [0.3, 0.4) is 0 Å². The second-order valence-electron chi connectivity index (χ2n) is 10.6. The quantitative estimate of drug-likeness (QED) is 0.225. The molecule has 7 rings (SSSR count). The number of hydrogen-bond donors (Lipinski definition) is 2. The second-order valence-corrected chi connectivity index (χ2v) is 10.6. The van der Waals surface area contributed by atoms with E-state index in [4.69, 9.17) is 4.98 Å². The average molecular weight is 542 g/mol. The fourth-order valence-corrected chi connectivity index (χ4v) is 5.52. The van der Waals surface area contributed by atoms with Gasteiger partial charge in [-0.2, -0.15) is 0 Å². The SMILES string of the molecule is C1=CCNC(c2cc(-c3cc(-c4ccccc4)nc(-c4ccccc4)c3)cc(C3C=CC(c4ccccc4)=CN3)c2)=C1. The molecule has 2 N–H and O–H groups in total. The Bertz CT molecular complexity index is 1770. The molecule has 1 unspecified atom stereocenters. The first kappa shape index (κ1) is 25.6. The van der Waals surface area contributed by atoms with Crippen LogP contribution in [0.25, 0.3) is 44.9 Å². The molecule has 3 nitrogen and oxygen atoms in total. The highest BCUT2D eigenvalue weighted by molar-refractivity contribution is 5.80. The van der Waals surface area contributed by atoms with E-state index >= 15 is 0 Å². The van der Waals surface area contributed by atoms with Crippen molar-refractivity contribution < 1.29 is 0 Å². The number of pyridine rings is 1. The van der Waals surface area contributed by atoms with Crippen LogP contribution in [0.5, 0.6) is 0 Å². The lowest BCUT2D eigenvalue weighted by Gasteiger charge is -2.22. The van der Waals surface area contributed by atoms with E-state index in [-0.39, 0.29) is 6.04 Å². The molecular weight excluding hydrogens is 510 g/mol. The molecule has 42 heavy (non-hydrogen) atoms. The minimum Gasteiger partial charge on any atom is -0.381 e. The molecule has 4 aromatic carbocycles. The van der Waals surface area contributed by atoms with Gasteiger partial charge in [-0.15, -0.1) is 0 Å². The third kappa shape index (κ3) is 5.45. The summed E-state index contributed by atoms with van der Waals surface area (Å²) in [5.74, 6) is 0. The number of rotatable bonds is 6. The maximum Gasteiger partial charge on any atom is 0.0715 e. The zero-order valence-electron chi connectivity index (χ0n) is 23.2. The Labute approximate surface area is 247 Å². The van der Waals surface area contributed by atoms with Crippen LogP contribution in [0.1, 0.15) is 22.7 Å². The molecule has 0 radical (unpaired) electrons. The fourth-order valence-electron chi connectivity index (χ4n) is 5.52. The van der Waals surface area contributed by atoms with Crippen LogP contribution in [0.4, 0.5) is 0 Å². The van der Waals surface area contributed by atoms with Gasteiger partial charge in [-0.05, 0) is 69.8 Å². The van der Waals surface area contributed by atoms with Gasteiger partial charge in [-0.3, -0.25) is 0 Å². The van der Waals surface area contributed by atoms with E-state index in [1.807, 2.05) is 12.1 Å². The molecule has 0 bridgehead atoms. The van der Waals surface area contributed by atoms with Gasteiger partial charge in [-0.25, -0.2) is 4.98 Å².